The van der Waals surface area contributed by atoms with Gasteiger partial charge in [0.15, 0.2) is 0 Å². The first-order valence-corrected chi connectivity index (χ1v) is 4.16. The van der Waals surface area contributed by atoms with E-state index in [2.05, 4.69) is 30.3 Å². The van der Waals surface area contributed by atoms with Crippen molar-refractivity contribution >= 4 is 0 Å². The SMILES string of the molecule is NC1CC1Cc1ccccc1. The fourth-order valence-electron chi connectivity index (χ4n) is 1.42. The molecule has 2 atom stereocenters. The maximum Gasteiger partial charge on any atom is 0.00742 e. The van der Waals surface area contributed by atoms with Crippen LogP contribution in [0.25, 0.3) is 0 Å². The second-order valence-electron chi connectivity index (χ2n) is 3.35. The highest BCUT2D eigenvalue weighted by molar-refractivity contribution is 5.17. The predicted octanol–water partition coefficient (Wildman–Crippen LogP) is 1.58. The van der Waals surface area contributed by atoms with E-state index in [1.807, 2.05) is 0 Å². The summed E-state index contributed by atoms with van der Waals surface area (Å²) < 4.78 is 0. The van der Waals surface area contributed by atoms with Gasteiger partial charge in [-0.15, -0.1) is 0 Å². The lowest BCUT2D eigenvalue weighted by Crippen LogP contribution is -2.03. The summed E-state index contributed by atoms with van der Waals surface area (Å²) in [5.74, 6) is 0.761. The van der Waals surface area contributed by atoms with Crippen LogP contribution in [0.15, 0.2) is 30.3 Å². The molecular formula is C10H13N. The van der Waals surface area contributed by atoms with E-state index in [9.17, 15) is 0 Å². The Morgan fingerprint density at radius 1 is 1.27 bits per heavy atom. The standard InChI is InChI=1S/C10H13N/c11-10-7-9(10)6-8-4-2-1-3-5-8/h1-5,9-10H,6-7,11H2. The third-order valence-electron chi connectivity index (χ3n) is 2.32. The largest absolute Gasteiger partial charge is 0.327 e. The molecule has 1 aromatic rings. The molecule has 2 N–H and O–H groups in total. The predicted molar refractivity (Wildman–Crippen MR) is 46.2 cm³/mol. The minimum absolute atomic E-state index is 0.482. The van der Waals surface area contributed by atoms with Crippen molar-refractivity contribution in [3.05, 3.63) is 35.9 Å². The quantitative estimate of drug-likeness (QED) is 0.675. The van der Waals surface area contributed by atoms with Crippen molar-refractivity contribution in [3.63, 3.8) is 0 Å². The summed E-state index contributed by atoms with van der Waals surface area (Å²) in [6.07, 6.45) is 2.39. The van der Waals surface area contributed by atoms with Gasteiger partial charge in [0, 0.05) is 6.04 Å². The molecule has 0 bridgehead atoms. The van der Waals surface area contributed by atoms with Gasteiger partial charge in [0.1, 0.15) is 0 Å². The van der Waals surface area contributed by atoms with Gasteiger partial charge in [-0.3, -0.25) is 0 Å². The topological polar surface area (TPSA) is 26.0 Å². The molecule has 58 valence electrons. The van der Waals surface area contributed by atoms with Gasteiger partial charge in [-0.2, -0.15) is 0 Å². The summed E-state index contributed by atoms with van der Waals surface area (Å²) in [5.41, 5.74) is 7.14. The highest BCUT2D eigenvalue weighted by Gasteiger charge is 2.32. The number of rotatable bonds is 2. The van der Waals surface area contributed by atoms with Crippen LogP contribution in [0.3, 0.4) is 0 Å². The summed E-state index contributed by atoms with van der Waals surface area (Å²) in [5, 5.41) is 0. The van der Waals surface area contributed by atoms with E-state index in [1.54, 1.807) is 0 Å². The number of benzene rings is 1. The zero-order valence-corrected chi connectivity index (χ0v) is 6.53. The lowest BCUT2D eigenvalue weighted by Gasteiger charge is -1.96. The van der Waals surface area contributed by atoms with E-state index in [4.69, 9.17) is 5.73 Å². The van der Waals surface area contributed by atoms with Crippen molar-refractivity contribution in [1.82, 2.24) is 0 Å². The van der Waals surface area contributed by atoms with Gasteiger partial charge >= 0.3 is 0 Å². The Kier molecular flexibility index (Phi) is 1.66. The van der Waals surface area contributed by atoms with Crippen molar-refractivity contribution in [2.75, 3.05) is 0 Å². The Labute approximate surface area is 67.2 Å². The number of hydrogen-bond donors (Lipinski definition) is 1. The van der Waals surface area contributed by atoms with Crippen molar-refractivity contribution < 1.29 is 0 Å². The second kappa shape index (κ2) is 2.67. The van der Waals surface area contributed by atoms with Gasteiger partial charge in [0.25, 0.3) is 0 Å². The van der Waals surface area contributed by atoms with Gasteiger partial charge in [0.2, 0.25) is 0 Å². The Bertz CT molecular complexity index is 230. The van der Waals surface area contributed by atoms with E-state index in [0.29, 0.717) is 6.04 Å². The molecule has 1 aliphatic carbocycles. The first-order valence-electron chi connectivity index (χ1n) is 4.16. The fraction of sp³-hybridized carbons (Fsp3) is 0.400. The van der Waals surface area contributed by atoms with E-state index in [0.717, 1.165) is 5.92 Å². The molecule has 0 spiro atoms. The third kappa shape index (κ3) is 1.60. The van der Waals surface area contributed by atoms with Gasteiger partial charge < -0.3 is 5.73 Å². The average Bonchev–Trinajstić information content (AvgIpc) is 2.69. The molecule has 1 aliphatic rings. The Morgan fingerprint density at radius 3 is 2.45 bits per heavy atom. The molecule has 1 aromatic carbocycles. The first-order chi connectivity index (χ1) is 5.36. The highest BCUT2D eigenvalue weighted by atomic mass is 14.7. The molecule has 0 amide bonds. The summed E-state index contributed by atoms with van der Waals surface area (Å²) >= 11 is 0. The molecule has 1 fully saturated rings. The Morgan fingerprint density at radius 2 is 1.91 bits per heavy atom. The zero-order valence-electron chi connectivity index (χ0n) is 6.53. The van der Waals surface area contributed by atoms with E-state index >= 15 is 0 Å². The molecule has 0 radical (unpaired) electrons. The maximum absolute atomic E-state index is 5.71. The monoisotopic (exact) mass is 147 g/mol. The van der Waals surface area contributed by atoms with Gasteiger partial charge in [0.05, 0.1) is 0 Å². The van der Waals surface area contributed by atoms with Gasteiger partial charge in [-0.05, 0) is 24.3 Å². The van der Waals surface area contributed by atoms with Gasteiger partial charge in [-0.1, -0.05) is 30.3 Å². The van der Waals surface area contributed by atoms with Crippen LogP contribution in [0.4, 0.5) is 0 Å². The average molecular weight is 147 g/mol. The molecule has 0 aliphatic heterocycles. The molecule has 0 saturated heterocycles. The molecule has 1 nitrogen and oxygen atoms in total. The summed E-state index contributed by atoms with van der Waals surface area (Å²) in [6.45, 7) is 0. The van der Waals surface area contributed by atoms with E-state index < -0.39 is 0 Å². The van der Waals surface area contributed by atoms with Crippen molar-refractivity contribution in [1.29, 1.82) is 0 Å². The van der Waals surface area contributed by atoms with Crippen LogP contribution in [0.2, 0.25) is 0 Å². The molecule has 0 aromatic heterocycles. The summed E-state index contributed by atoms with van der Waals surface area (Å²) in [4.78, 5) is 0. The molecular weight excluding hydrogens is 134 g/mol. The van der Waals surface area contributed by atoms with Crippen molar-refractivity contribution in [2.24, 2.45) is 11.7 Å². The number of hydrogen-bond acceptors (Lipinski definition) is 1. The Hall–Kier alpha value is -0.820. The lowest BCUT2D eigenvalue weighted by molar-refractivity contribution is 0.786. The van der Waals surface area contributed by atoms with Crippen molar-refractivity contribution in [2.45, 2.75) is 18.9 Å². The first kappa shape index (κ1) is 6.86. The van der Waals surface area contributed by atoms with Crippen LogP contribution in [0, 0.1) is 5.92 Å². The zero-order chi connectivity index (χ0) is 7.68. The molecule has 2 unspecified atom stereocenters. The minimum atomic E-state index is 0.482. The number of nitrogens with two attached hydrogens (primary N) is 1. The van der Waals surface area contributed by atoms with E-state index in [-0.39, 0.29) is 0 Å². The van der Waals surface area contributed by atoms with Crippen LogP contribution in [0.1, 0.15) is 12.0 Å². The molecule has 11 heavy (non-hydrogen) atoms. The van der Waals surface area contributed by atoms with Crippen LogP contribution in [-0.2, 0) is 6.42 Å². The molecule has 2 rings (SSSR count). The summed E-state index contributed by atoms with van der Waals surface area (Å²) in [7, 11) is 0. The summed E-state index contributed by atoms with van der Waals surface area (Å²) in [6, 6.07) is 11.1. The maximum atomic E-state index is 5.71. The van der Waals surface area contributed by atoms with Crippen LogP contribution in [-0.4, -0.2) is 6.04 Å². The second-order valence-corrected chi connectivity index (χ2v) is 3.35. The fourth-order valence-corrected chi connectivity index (χ4v) is 1.42. The highest BCUT2D eigenvalue weighted by Crippen LogP contribution is 2.31. The lowest BCUT2D eigenvalue weighted by atomic mass is 10.1. The van der Waals surface area contributed by atoms with Crippen molar-refractivity contribution in [3.8, 4) is 0 Å². The van der Waals surface area contributed by atoms with Crippen LogP contribution in [0.5, 0.6) is 0 Å². The third-order valence-corrected chi connectivity index (χ3v) is 2.32. The minimum Gasteiger partial charge on any atom is -0.327 e. The molecule has 1 heteroatoms. The van der Waals surface area contributed by atoms with Crippen LogP contribution < -0.4 is 5.73 Å². The van der Waals surface area contributed by atoms with Crippen LogP contribution >= 0.6 is 0 Å². The van der Waals surface area contributed by atoms with E-state index in [1.165, 1.54) is 18.4 Å². The molecule has 0 heterocycles. The normalized spacial score (nSPS) is 28.5. The Balaban J connectivity index is 1.97. The van der Waals surface area contributed by atoms with Gasteiger partial charge in [-0.25, -0.2) is 0 Å². The molecule has 1 saturated carbocycles. The smallest absolute Gasteiger partial charge is 0.00742 e.